The van der Waals surface area contributed by atoms with E-state index in [1.807, 2.05) is 13.2 Å². The maximum absolute atomic E-state index is 4.38. The number of pyridine rings is 1. The average Bonchev–Trinajstić information content (AvgIpc) is 3.04. The third-order valence-corrected chi connectivity index (χ3v) is 3.67. The number of hydrogen-bond acceptors (Lipinski definition) is 4. The number of aromatic nitrogens is 1. The van der Waals surface area contributed by atoms with E-state index >= 15 is 0 Å². The van der Waals surface area contributed by atoms with Crippen molar-refractivity contribution in [1.82, 2.24) is 15.6 Å². The van der Waals surface area contributed by atoms with Crippen LogP contribution < -0.4 is 16.0 Å². The van der Waals surface area contributed by atoms with Crippen LogP contribution in [0.1, 0.15) is 30.9 Å². The van der Waals surface area contributed by atoms with Crippen LogP contribution in [0.3, 0.4) is 0 Å². The molecule has 1 aromatic heterocycles. The van der Waals surface area contributed by atoms with Crippen molar-refractivity contribution in [3.05, 3.63) is 23.9 Å². The molecule has 0 bridgehead atoms. The van der Waals surface area contributed by atoms with Gasteiger partial charge in [0.25, 0.3) is 0 Å². The molecule has 3 rings (SSSR count). The van der Waals surface area contributed by atoms with Gasteiger partial charge in [0.1, 0.15) is 5.82 Å². The van der Waals surface area contributed by atoms with Crippen LogP contribution in [-0.4, -0.2) is 30.7 Å². The SMILES string of the molecule is CN[C@H]1CCNC1c1ccnc(NC2CC2)c1. The Kier molecular flexibility index (Phi) is 2.99. The third-order valence-electron chi connectivity index (χ3n) is 3.67. The number of nitrogens with one attached hydrogen (secondary N) is 3. The van der Waals surface area contributed by atoms with Gasteiger partial charge in [-0.2, -0.15) is 0 Å². The Morgan fingerprint density at radius 3 is 3.00 bits per heavy atom. The maximum atomic E-state index is 4.38. The van der Waals surface area contributed by atoms with Gasteiger partial charge in [0.05, 0.1) is 0 Å². The van der Waals surface area contributed by atoms with Crippen molar-refractivity contribution >= 4 is 5.82 Å². The molecule has 1 saturated heterocycles. The van der Waals surface area contributed by atoms with Gasteiger partial charge in [-0.1, -0.05) is 0 Å². The molecule has 17 heavy (non-hydrogen) atoms. The lowest BCUT2D eigenvalue weighted by molar-refractivity contribution is 0.498. The average molecular weight is 232 g/mol. The summed E-state index contributed by atoms with van der Waals surface area (Å²) in [6.07, 6.45) is 5.67. The van der Waals surface area contributed by atoms with Crippen molar-refractivity contribution in [2.75, 3.05) is 18.9 Å². The van der Waals surface area contributed by atoms with E-state index in [1.54, 1.807) is 0 Å². The smallest absolute Gasteiger partial charge is 0.126 e. The quantitative estimate of drug-likeness (QED) is 0.732. The third kappa shape index (κ3) is 2.42. The zero-order valence-electron chi connectivity index (χ0n) is 10.2. The molecule has 1 saturated carbocycles. The topological polar surface area (TPSA) is 49.0 Å². The Bertz CT molecular complexity index is 389. The number of likely N-dealkylation sites (N-methyl/N-ethyl adjacent to an activating group) is 1. The van der Waals surface area contributed by atoms with Crippen molar-refractivity contribution in [3.63, 3.8) is 0 Å². The van der Waals surface area contributed by atoms with Crippen LogP contribution in [0.25, 0.3) is 0 Å². The van der Waals surface area contributed by atoms with Gasteiger partial charge in [0, 0.05) is 24.3 Å². The molecular weight excluding hydrogens is 212 g/mol. The Labute approximate surface area is 102 Å². The second-order valence-electron chi connectivity index (χ2n) is 5.01. The van der Waals surface area contributed by atoms with Crippen LogP contribution >= 0.6 is 0 Å². The predicted octanol–water partition coefficient (Wildman–Crippen LogP) is 1.28. The molecule has 3 N–H and O–H groups in total. The Morgan fingerprint density at radius 2 is 2.24 bits per heavy atom. The van der Waals surface area contributed by atoms with Crippen LogP contribution in [0.5, 0.6) is 0 Å². The summed E-state index contributed by atoms with van der Waals surface area (Å²) in [6, 6.07) is 5.92. The van der Waals surface area contributed by atoms with Gasteiger partial charge in [-0.15, -0.1) is 0 Å². The zero-order valence-corrected chi connectivity index (χ0v) is 10.2. The normalized spacial score (nSPS) is 28.3. The molecule has 1 unspecified atom stereocenters. The van der Waals surface area contributed by atoms with Crippen molar-refractivity contribution in [2.45, 2.75) is 37.4 Å². The fraction of sp³-hybridized carbons (Fsp3) is 0.615. The van der Waals surface area contributed by atoms with Crippen molar-refractivity contribution in [2.24, 2.45) is 0 Å². The molecule has 2 aliphatic rings. The second kappa shape index (κ2) is 4.63. The monoisotopic (exact) mass is 232 g/mol. The Balaban J connectivity index is 1.76. The molecule has 2 atom stereocenters. The van der Waals surface area contributed by atoms with Crippen LogP contribution in [0.15, 0.2) is 18.3 Å². The van der Waals surface area contributed by atoms with E-state index in [0.29, 0.717) is 18.1 Å². The van der Waals surface area contributed by atoms with Gasteiger partial charge in [0.2, 0.25) is 0 Å². The number of nitrogens with zero attached hydrogens (tertiary/aromatic N) is 1. The Hall–Kier alpha value is -1.13. The molecule has 2 fully saturated rings. The van der Waals surface area contributed by atoms with E-state index in [4.69, 9.17) is 0 Å². The standard InChI is InChI=1S/C13H20N4/c1-14-11-5-7-16-13(11)9-4-6-15-12(8-9)17-10-2-3-10/h4,6,8,10-11,13-14,16H,2-3,5,7H2,1H3,(H,15,17)/t11-,13?/m0/s1. The summed E-state index contributed by atoms with van der Waals surface area (Å²) >= 11 is 0. The highest BCUT2D eigenvalue weighted by Crippen LogP contribution is 2.27. The largest absolute Gasteiger partial charge is 0.367 e. The first-order valence-electron chi connectivity index (χ1n) is 6.50. The summed E-state index contributed by atoms with van der Waals surface area (Å²) in [7, 11) is 2.04. The van der Waals surface area contributed by atoms with E-state index in [1.165, 1.54) is 24.8 Å². The molecule has 1 aromatic rings. The minimum atomic E-state index is 0.419. The van der Waals surface area contributed by atoms with Crippen molar-refractivity contribution in [3.8, 4) is 0 Å². The van der Waals surface area contributed by atoms with Gasteiger partial charge >= 0.3 is 0 Å². The second-order valence-corrected chi connectivity index (χ2v) is 5.01. The van der Waals surface area contributed by atoms with Gasteiger partial charge < -0.3 is 16.0 Å². The number of rotatable bonds is 4. The zero-order chi connectivity index (χ0) is 11.7. The summed E-state index contributed by atoms with van der Waals surface area (Å²) in [5.41, 5.74) is 1.33. The van der Waals surface area contributed by atoms with E-state index in [0.717, 1.165) is 12.4 Å². The summed E-state index contributed by atoms with van der Waals surface area (Å²) in [4.78, 5) is 4.38. The fourth-order valence-electron chi connectivity index (χ4n) is 2.52. The number of anilines is 1. The molecule has 1 aliphatic heterocycles. The molecule has 0 amide bonds. The summed E-state index contributed by atoms with van der Waals surface area (Å²) in [5.74, 6) is 1.02. The van der Waals surface area contributed by atoms with E-state index < -0.39 is 0 Å². The molecule has 0 aromatic carbocycles. The van der Waals surface area contributed by atoms with Crippen LogP contribution in [-0.2, 0) is 0 Å². The first-order chi connectivity index (χ1) is 8.36. The summed E-state index contributed by atoms with van der Waals surface area (Å²) < 4.78 is 0. The molecule has 92 valence electrons. The fourth-order valence-corrected chi connectivity index (χ4v) is 2.52. The minimum Gasteiger partial charge on any atom is -0.367 e. The molecule has 0 radical (unpaired) electrons. The van der Waals surface area contributed by atoms with Crippen molar-refractivity contribution in [1.29, 1.82) is 0 Å². The van der Waals surface area contributed by atoms with E-state index in [9.17, 15) is 0 Å². The first kappa shape index (κ1) is 11.0. The van der Waals surface area contributed by atoms with E-state index in [2.05, 4.69) is 33.1 Å². The van der Waals surface area contributed by atoms with Crippen LogP contribution in [0, 0.1) is 0 Å². The lowest BCUT2D eigenvalue weighted by Gasteiger charge is -2.19. The minimum absolute atomic E-state index is 0.419. The molecule has 4 nitrogen and oxygen atoms in total. The van der Waals surface area contributed by atoms with Crippen molar-refractivity contribution < 1.29 is 0 Å². The molecule has 0 spiro atoms. The molecule has 1 aliphatic carbocycles. The van der Waals surface area contributed by atoms with Gasteiger partial charge in [-0.3, -0.25) is 0 Å². The van der Waals surface area contributed by atoms with E-state index in [-0.39, 0.29) is 0 Å². The number of hydrogen-bond donors (Lipinski definition) is 3. The lowest BCUT2D eigenvalue weighted by Crippen LogP contribution is -2.31. The molecule has 2 heterocycles. The lowest BCUT2D eigenvalue weighted by atomic mass is 10.0. The highest BCUT2D eigenvalue weighted by atomic mass is 15.1. The summed E-state index contributed by atoms with van der Waals surface area (Å²) in [5, 5.41) is 10.4. The summed E-state index contributed by atoms with van der Waals surface area (Å²) in [6.45, 7) is 1.09. The maximum Gasteiger partial charge on any atom is 0.126 e. The van der Waals surface area contributed by atoms with Gasteiger partial charge in [-0.25, -0.2) is 4.98 Å². The van der Waals surface area contributed by atoms with Gasteiger partial charge in [0.15, 0.2) is 0 Å². The molecular formula is C13H20N4. The first-order valence-corrected chi connectivity index (χ1v) is 6.50. The Morgan fingerprint density at radius 1 is 1.35 bits per heavy atom. The van der Waals surface area contributed by atoms with Crippen LogP contribution in [0.4, 0.5) is 5.82 Å². The molecule has 4 heteroatoms. The van der Waals surface area contributed by atoms with Crippen LogP contribution in [0.2, 0.25) is 0 Å². The highest BCUT2D eigenvalue weighted by Gasteiger charge is 2.27. The predicted molar refractivity (Wildman–Crippen MR) is 69.1 cm³/mol. The van der Waals surface area contributed by atoms with Gasteiger partial charge in [-0.05, 0) is 50.6 Å². The highest BCUT2D eigenvalue weighted by molar-refractivity contribution is 5.41.